The number of alkyl halides is 3. The van der Waals surface area contributed by atoms with Gasteiger partial charge in [0, 0.05) is 19.3 Å². The molecule has 0 unspecified atom stereocenters. The molecule has 24 heavy (non-hydrogen) atoms. The Hall–Kier alpha value is -1.86. The number of rotatable bonds is 5. The van der Waals surface area contributed by atoms with Crippen LogP contribution < -0.4 is 0 Å². The maximum Gasteiger partial charge on any atom is 0.432 e. The molecule has 1 aliphatic heterocycles. The van der Waals surface area contributed by atoms with Gasteiger partial charge in [-0.15, -0.1) is 6.58 Å². The van der Waals surface area contributed by atoms with Crippen molar-refractivity contribution in [1.29, 1.82) is 0 Å². The van der Waals surface area contributed by atoms with E-state index in [0.717, 1.165) is 7.11 Å². The average molecular weight is 344 g/mol. The molecule has 2 rings (SSSR count). The van der Waals surface area contributed by atoms with E-state index in [9.17, 15) is 18.0 Å². The lowest BCUT2D eigenvalue weighted by Crippen LogP contribution is -2.53. The third kappa shape index (κ3) is 3.32. The average Bonchev–Trinajstić information content (AvgIpc) is 2.56. The van der Waals surface area contributed by atoms with Gasteiger partial charge in [0.2, 0.25) is 0 Å². The number of hydrogen-bond donors (Lipinski definition) is 0. The summed E-state index contributed by atoms with van der Waals surface area (Å²) in [7, 11) is 0.837. The molecule has 0 N–H and O–H groups in total. The minimum atomic E-state index is -4.99. The number of carbonyl (C=O) groups excluding carboxylic acids is 1. The Morgan fingerprint density at radius 3 is 2.54 bits per heavy atom. The highest BCUT2D eigenvalue weighted by Gasteiger charge is 2.64. The van der Waals surface area contributed by atoms with Crippen LogP contribution in [0.5, 0.6) is 0 Å². The second-order valence-electron chi connectivity index (χ2n) is 5.41. The molecule has 0 bridgehead atoms. The molecule has 1 heterocycles. The predicted molar refractivity (Wildman–Crippen MR) is 80.2 cm³/mol. The Morgan fingerprint density at radius 1 is 1.33 bits per heavy atom. The molecular formula is C17H19F3O4. The van der Waals surface area contributed by atoms with Crippen molar-refractivity contribution < 1.29 is 32.2 Å². The number of carbonyl (C=O) groups is 1. The summed E-state index contributed by atoms with van der Waals surface area (Å²) < 4.78 is 56.5. The van der Waals surface area contributed by atoms with Gasteiger partial charge in [-0.25, -0.2) is 4.79 Å². The fraction of sp³-hybridized carbons (Fsp3) is 0.471. The summed E-state index contributed by atoms with van der Waals surface area (Å²) in [5.41, 5.74) is -3.52. The molecule has 3 atom stereocenters. The standard InChI is InChI=1S/C17H19F3O4/c1-3-13-14(10-7-11-23-13)24-15(21)16(22-2,17(18,19)20)12-8-5-4-6-9-12/h3-6,8-9,13-14H,1,7,10-11H2,2H3/t13-,14+,16+/m0/s1. The summed E-state index contributed by atoms with van der Waals surface area (Å²) in [5.74, 6) is -1.51. The van der Waals surface area contributed by atoms with Gasteiger partial charge in [0.25, 0.3) is 5.60 Å². The molecule has 0 aliphatic carbocycles. The Kier molecular flexibility index (Phi) is 5.66. The van der Waals surface area contributed by atoms with Crippen molar-refractivity contribution in [2.75, 3.05) is 13.7 Å². The van der Waals surface area contributed by atoms with Crippen molar-refractivity contribution in [3.8, 4) is 0 Å². The summed E-state index contributed by atoms with van der Waals surface area (Å²) >= 11 is 0. The van der Waals surface area contributed by atoms with Crippen LogP contribution in [0.3, 0.4) is 0 Å². The monoisotopic (exact) mass is 344 g/mol. The molecule has 1 aliphatic rings. The zero-order valence-corrected chi connectivity index (χ0v) is 13.2. The van der Waals surface area contributed by atoms with Gasteiger partial charge in [-0.1, -0.05) is 36.4 Å². The van der Waals surface area contributed by atoms with Crippen molar-refractivity contribution >= 4 is 5.97 Å². The SMILES string of the molecule is C=C[C@@H]1OCCC[C@H]1OC(=O)[C@](OC)(c1ccccc1)C(F)(F)F. The fourth-order valence-corrected chi connectivity index (χ4v) is 2.73. The molecule has 1 fully saturated rings. The van der Waals surface area contributed by atoms with Crippen molar-refractivity contribution in [3.05, 3.63) is 48.6 Å². The maximum atomic E-state index is 13.8. The summed E-state index contributed by atoms with van der Waals surface area (Å²) in [6.07, 6.45) is -4.05. The van der Waals surface area contributed by atoms with Gasteiger partial charge < -0.3 is 14.2 Å². The van der Waals surface area contributed by atoms with Gasteiger partial charge >= 0.3 is 12.1 Å². The molecule has 0 spiro atoms. The van der Waals surface area contributed by atoms with Crippen molar-refractivity contribution in [2.24, 2.45) is 0 Å². The first kappa shape index (κ1) is 18.5. The second kappa shape index (κ2) is 7.36. The normalized spacial score (nSPS) is 24.0. The maximum absolute atomic E-state index is 13.8. The first-order valence-corrected chi connectivity index (χ1v) is 7.49. The Labute approximate surface area is 138 Å². The van der Waals surface area contributed by atoms with Crippen LogP contribution in [-0.2, 0) is 24.6 Å². The zero-order valence-electron chi connectivity index (χ0n) is 13.2. The van der Waals surface area contributed by atoms with Gasteiger partial charge in [-0.05, 0) is 12.8 Å². The highest BCUT2D eigenvalue weighted by molar-refractivity contribution is 5.83. The molecular weight excluding hydrogens is 325 g/mol. The summed E-state index contributed by atoms with van der Waals surface area (Å²) in [6, 6.07) is 6.71. The molecule has 1 aromatic carbocycles. The Morgan fingerprint density at radius 2 is 2.00 bits per heavy atom. The Bertz CT molecular complexity index is 573. The van der Waals surface area contributed by atoms with Gasteiger partial charge in [-0.2, -0.15) is 13.2 Å². The van der Waals surface area contributed by atoms with Crippen LogP contribution in [-0.4, -0.2) is 38.1 Å². The Balaban J connectivity index is 2.37. The summed E-state index contributed by atoms with van der Waals surface area (Å²) in [5, 5.41) is 0. The highest BCUT2D eigenvalue weighted by Crippen LogP contribution is 2.43. The lowest BCUT2D eigenvalue weighted by atomic mass is 9.92. The van der Waals surface area contributed by atoms with Crippen LogP contribution in [0, 0.1) is 0 Å². The third-order valence-electron chi connectivity index (χ3n) is 3.97. The van der Waals surface area contributed by atoms with E-state index in [1.165, 1.54) is 30.3 Å². The molecule has 132 valence electrons. The van der Waals surface area contributed by atoms with Crippen molar-refractivity contribution in [2.45, 2.75) is 36.8 Å². The summed E-state index contributed by atoms with van der Waals surface area (Å²) in [4.78, 5) is 12.5. The van der Waals surface area contributed by atoms with E-state index in [2.05, 4.69) is 6.58 Å². The minimum Gasteiger partial charge on any atom is -0.457 e. The van der Waals surface area contributed by atoms with E-state index in [-0.39, 0.29) is 5.56 Å². The lowest BCUT2D eigenvalue weighted by molar-refractivity contribution is -0.280. The van der Waals surface area contributed by atoms with Crippen LogP contribution >= 0.6 is 0 Å². The first-order chi connectivity index (χ1) is 11.4. The number of esters is 1. The van der Waals surface area contributed by atoms with Gasteiger partial charge in [0.15, 0.2) is 0 Å². The quantitative estimate of drug-likeness (QED) is 0.607. The van der Waals surface area contributed by atoms with Crippen molar-refractivity contribution in [3.63, 3.8) is 0 Å². The molecule has 0 aromatic heterocycles. The van der Waals surface area contributed by atoms with Crippen LogP contribution in [0.15, 0.2) is 43.0 Å². The van der Waals surface area contributed by atoms with Crippen LogP contribution in [0.25, 0.3) is 0 Å². The van der Waals surface area contributed by atoms with Gasteiger partial charge in [0.05, 0.1) is 0 Å². The molecule has 0 amide bonds. The minimum absolute atomic E-state index is 0.336. The largest absolute Gasteiger partial charge is 0.457 e. The molecule has 7 heteroatoms. The molecule has 0 radical (unpaired) electrons. The second-order valence-corrected chi connectivity index (χ2v) is 5.41. The molecule has 4 nitrogen and oxygen atoms in total. The van der Waals surface area contributed by atoms with E-state index in [0.29, 0.717) is 19.4 Å². The molecule has 1 aromatic rings. The highest BCUT2D eigenvalue weighted by atomic mass is 19.4. The van der Waals surface area contributed by atoms with E-state index in [4.69, 9.17) is 14.2 Å². The number of benzene rings is 1. The number of ether oxygens (including phenoxy) is 3. The van der Waals surface area contributed by atoms with E-state index >= 15 is 0 Å². The van der Waals surface area contributed by atoms with Crippen LogP contribution in [0.4, 0.5) is 13.2 Å². The topological polar surface area (TPSA) is 44.8 Å². The first-order valence-electron chi connectivity index (χ1n) is 7.49. The predicted octanol–water partition coefficient (Wildman–Crippen LogP) is 3.37. The van der Waals surface area contributed by atoms with Gasteiger partial charge in [-0.3, -0.25) is 0 Å². The molecule has 0 saturated carbocycles. The number of methoxy groups -OCH3 is 1. The van der Waals surface area contributed by atoms with E-state index < -0.39 is 30.0 Å². The van der Waals surface area contributed by atoms with Crippen molar-refractivity contribution in [1.82, 2.24) is 0 Å². The zero-order chi connectivity index (χ0) is 17.8. The molecule has 1 saturated heterocycles. The smallest absolute Gasteiger partial charge is 0.432 e. The van der Waals surface area contributed by atoms with E-state index in [1.807, 2.05) is 0 Å². The third-order valence-corrected chi connectivity index (χ3v) is 3.97. The lowest BCUT2D eigenvalue weighted by Gasteiger charge is -2.36. The number of halogens is 3. The van der Waals surface area contributed by atoms with Gasteiger partial charge in [0.1, 0.15) is 12.2 Å². The number of hydrogen-bond acceptors (Lipinski definition) is 4. The summed E-state index contributed by atoms with van der Waals surface area (Å²) in [6.45, 7) is 4.00. The van der Waals surface area contributed by atoms with Crippen LogP contribution in [0.2, 0.25) is 0 Å². The van der Waals surface area contributed by atoms with Crippen LogP contribution in [0.1, 0.15) is 18.4 Å². The van der Waals surface area contributed by atoms with E-state index in [1.54, 1.807) is 6.07 Å². The fourth-order valence-electron chi connectivity index (χ4n) is 2.73.